The van der Waals surface area contributed by atoms with Crippen LogP contribution in [-0.2, 0) is 0 Å². The molecule has 5 heteroatoms. The molecule has 4 nitrogen and oxygen atoms in total. The van der Waals surface area contributed by atoms with Crippen molar-refractivity contribution in [2.75, 3.05) is 5.32 Å². The number of anilines is 1. The number of carbonyl (C=O) groups excluding carboxylic acids is 1. The van der Waals surface area contributed by atoms with Crippen LogP contribution in [0.5, 0.6) is 0 Å². The first-order valence-electron chi connectivity index (χ1n) is 6.06. The Morgan fingerprint density at radius 1 is 1.20 bits per heavy atom. The van der Waals surface area contributed by atoms with Crippen LogP contribution in [0.1, 0.15) is 16.2 Å². The molecule has 1 aromatic heterocycles. The van der Waals surface area contributed by atoms with Gasteiger partial charge in [-0.1, -0.05) is 0 Å². The molecule has 100 valence electrons. The van der Waals surface area contributed by atoms with Crippen LogP contribution in [0.2, 0.25) is 0 Å². The van der Waals surface area contributed by atoms with Gasteiger partial charge in [0.25, 0.3) is 5.91 Å². The molecule has 0 atom stereocenters. The lowest BCUT2D eigenvalue weighted by Gasteiger charge is -2.04. The number of rotatable bonds is 2. The molecule has 3 rings (SSSR count). The Morgan fingerprint density at radius 2 is 1.95 bits per heavy atom. The maximum absolute atomic E-state index is 12.8. The zero-order chi connectivity index (χ0) is 14.1. The molecule has 20 heavy (non-hydrogen) atoms. The van der Waals surface area contributed by atoms with Gasteiger partial charge in [-0.15, -0.1) is 0 Å². The van der Waals surface area contributed by atoms with Crippen LogP contribution in [0.4, 0.5) is 10.1 Å². The fraction of sp³-hybridized carbons (Fsp3) is 0.0667. The number of hydrogen-bond acceptors (Lipinski definition) is 3. The summed E-state index contributed by atoms with van der Waals surface area (Å²) in [5.74, 6) is -0.104. The van der Waals surface area contributed by atoms with Gasteiger partial charge in [-0.2, -0.15) is 0 Å². The van der Waals surface area contributed by atoms with Crippen molar-refractivity contribution in [2.24, 2.45) is 0 Å². The van der Waals surface area contributed by atoms with Gasteiger partial charge in [0.1, 0.15) is 11.3 Å². The van der Waals surface area contributed by atoms with Crippen molar-refractivity contribution in [3.8, 4) is 0 Å². The number of oxazole rings is 1. The Balaban J connectivity index is 1.84. The molecule has 3 aromatic rings. The van der Waals surface area contributed by atoms with Gasteiger partial charge in [0.2, 0.25) is 0 Å². The molecule has 0 aliphatic heterocycles. The summed E-state index contributed by atoms with van der Waals surface area (Å²) in [5, 5.41) is 2.74. The standard InChI is InChI=1S/C15H11FN2O2/c1-9-17-13-8-12(6-7-14(13)20-9)18-15(19)10-2-4-11(16)5-3-10/h2-8H,1H3,(H,18,19). The fourth-order valence-corrected chi connectivity index (χ4v) is 1.92. The molecule has 0 bridgehead atoms. The molecule has 0 aliphatic rings. The number of amides is 1. The monoisotopic (exact) mass is 270 g/mol. The molecule has 0 unspecified atom stereocenters. The molecule has 0 saturated heterocycles. The van der Waals surface area contributed by atoms with Gasteiger partial charge in [0, 0.05) is 18.2 Å². The molecular formula is C15H11FN2O2. The van der Waals surface area contributed by atoms with Crippen molar-refractivity contribution in [3.63, 3.8) is 0 Å². The van der Waals surface area contributed by atoms with Crippen molar-refractivity contribution in [3.05, 3.63) is 59.7 Å². The number of nitrogens with one attached hydrogen (secondary N) is 1. The zero-order valence-corrected chi connectivity index (χ0v) is 10.7. The number of aryl methyl sites for hydroxylation is 1. The minimum absolute atomic E-state index is 0.301. The third-order valence-corrected chi connectivity index (χ3v) is 2.86. The summed E-state index contributed by atoms with van der Waals surface area (Å²) in [4.78, 5) is 16.2. The van der Waals surface area contributed by atoms with Gasteiger partial charge < -0.3 is 9.73 Å². The maximum atomic E-state index is 12.8. The van der Waals surface area contributed by atoms with Crippen molar-refractivity contribution in [2.45, 2.75) is 6.92 Å². The summed E-state index contributed by atoms with van der Waals surface area (Å²) in [7, 11) is 0. The van der Waals surface area contributed by atoms with Crippen LogP contribution < -0.4 is 5.32 Å². The van der Waals surface area contributed by atoms with Gasteiger partial charge in [-0.25, -0.2) is 9.37 Å². The second-order valence-corrected chi connectivity index (χ2v) is 4.38. The van der Waals surface area contributed by atoms with Crippen LogP contribution >= 0.6 is 0 Å². The Morgan fingerprint density at radius 3 is 2.70 bits per heavy atom. The smallest absolute Gasteiger partial charge is 0.255 e. The van der Waals surface area contributed by atoms with Crippen LogP contribution in [0.25, 0.3) is 11.1 Å². The molecule has 1 heterocycles. The third-order valence-electron chi connectivity index (χ3n) is 2.86. The van der Waals surface area contributed by atoms with Gasteiger partial charge in [-0.3, -0.25) is 4.79 Å². The number of halogens is 1. The molecule has 0 radical (unpaired) electrons. The number of benzene rings is 2. The third kappa shape index (κ3) is 2.38. The highest BCUT2D eigenvalue weighted by Crippen LogP contribution is 2.20. The van der Waals surface area contributed by atoms with Crippen molar-refractivity contribution in [1.82, 2.24) is 4.98 Å². The maximum Gasteiger partial charge on any atom is 0.255 e. The molecule has 0 spiro atoms. The zero-order valence-electron chi connectivity index (χ0n) is 10.7. The predicted octanol–water partition coefficient (Wildman–Crippen LogP) is 3.53. The number of hydrogen-bond donors (Lipinski definition) is 1. The van der Waals surface area contributed by atoms with E-state index in [2.05, 4.69) is 10.3 Å². The lowest BCUT2D eigenvalue weighted by atomic mass is 10.2. The molecule has 1 N–H and O–H groups in total. The summed E-state index contributed by atoms with van der Waals surface area (Å²) in [5.41, 5.74) is 2.35. The van der Waals surface area contributed by atoms with Gasteiger partial charge in [0.15, 0.2) is 11.5 Å². The van der Waals surface area contributed by atoms with Crippen molar-refractivity contribution in [1.29, 1.82) is 0 Å². The molecule has 0 fully saturated rings. The van der Waals surface area contributed by atoms with Crippen molar-refractivity contribution >= 4 is 22.7 Å². The first-order chi connectivity index (χ1) is 9.61. The summed E-state index contributed by atoms with van der Waals surface area (Å²) < 4.78 is 18.2. The first-order valence-corrected chi connectivity index (χ1v) is 6.06. The number of aromatic nitrogens is 1. The number of fused-ring (bicyclic) bond motifs is 1. The Labute approximate surface area is 114 Å². The molecule has 2 aromatic carbocycles. The minimum Gasteiger partial charge on any atom is -0.441 e. The highest BCUT2D eigenvalue weighted by molar-refractivity contribution is 6.04. The van der Waals surface area contributed by atoms with E-state index in [9.17, 15) is 9.18 Å². The van der Waals surface area contributed by atoms with E-state index in [0.29, 0.717) is 28.2 Å². The largest absolute Gasteiger partial charge is 0.441 e. The highest BCUT2D eigenvalue weighted by atomic mass is 19.1. The SMILES string of the molecule is Cc1nc2cc(NC(=O)c3ccc(F)cc3)ccc2o1. The van der Waals surface area contributed by atoms with E-state index in [0.717, 1.165) is 0 Å². The first kappa shape index (κ1) is 12.3. The van der Waals surface area contributed by atoms with E-state index in [1.165, 1.54) is 24.3 Å². The summed E-state index contributed by atoms with van der Waals surface area (Å²) >= 11 is 0. The van der Waals surface area contributed by atoms with E-state index in [-0.39, 0.29) is 11.7 Å². The summed E-state index contributed by atoms with van der Waals surface area (Å²) in [6, 6.07) is 10.6. The van der Waals surface area contributed by atoms with E-state index in [1.54, 1.807) is 25.1 Å². The number of nitrogens with zero attached hydrogens (tertiary/aromatic N) is 1. The minimum atomic E-state index is -0.374. The Hall–Kier alpha value is -2.69. The van der Waals surface area contributed by atoms with E-state index >= 15 is 0 Å². The average molecular weight is 270 g/mol. The molecular weight excluding hydrogens is 259 g/mol. The van der Waals surface area contributed by atoms with Gasteiger partial charge >= 0.3 is 0 Å². The Kier molecular flexibility index (Phi) is 2.95. The van der Waals surface area contributed by atoms with E-state index < -0.39 is 0 Å². The molecule has 0 aliphatic carbocycles. The second kappa shape index (κ2) is 4.77. The van der Waals surface area contributed by atoms with E-state index in [1.807, 2.05) is 0 Å². The van der Waals surface area contributed by atoms with Crippen LogP contribution in [0.3, 0.4) is 0 Å². The Bertz CT molecular complexity index is 778. The second-order valence-electron chi connectivity index (χ2n) is 4.38. The fourth-order valence-electron chi connectivity index (χ4n) is 1.92. The van der Waals surface area contributed by atoms with Crippen molar-refractivity contribution < 1.29 is 13.6 Å². The number of carbonyl (C=O) groups is 1. The average Bonchev–Trinajstić information content (AvgIpc) is 2.78. The lowest BCUT2D eigenvalue weighted by molar-refractivity contribution is 0.102. The highest BCUT2D eigenvalue weighted by Gasteiger charge is 2.08. The molecule has 0 saturated carbocycles. The summed E-state index contributed by atoms with van der Waals surface area (Å²) in [6.45, 7) is 1.76. The van der Waals surface area contributed by atoms with Gasteiger partial charge in [0.05, 0.1) is 0 Å². The summed E-state index contributed by atoms with van der Waals surface area (Å²) in [6.07, 6.45) is 0. The predicted molar refractivity (Wildman–Crippen MR) is 73.1 cm³/mol. The van der Waals surface area contributed by atoms with E-state index in [4.69, 9.17) is 4.42 Å². The van der Waals surface area contributed by atoms with Crippen LogP contribution in [0.15, 0.2) is 46.9 Å². The van der Waals surface area contributed by atoms with Crippen LogP contribution in [0, 0.1) is 12.7 Å². The quantitative estimate of drug-likeness (QED) is 0.775. The lowest BCUT2D eigenvalue weighted by Crippen LogP contribution is -2.11. The normalized spacial score (nSPS) is 10.7. The van der Waals surface area contributed by atoms with Crippen LogP contribution in [-0.4, -0.2) is 10.9 Å². The van der Waals surface area contributed by atoms with Gasteiger partial charge in [-0.05, 0) is 42.5 Å². The topological polar surface area (TPSA) is 55.1 Å². The molecule has 1 amide bonds.